The Morgan fingerprint density at radius 1 is 0.760 bits per heavy atom. The summed E-state index contributed by atoms with van der Waals surface area (Å²) >= 11 is 0. The molecule has 3 heteroatoms. The van der Waals surface area contributed by atoms with Crippen molar-refractivity contribution < 1.29 is 14.6 Å². The number of hydrogen-bond acceptors (Lipinski definition) is 3. The van der Waals surface area contributed by atoms with Crippen LogP contribution in [-0.2, 0) is 6.42 Å². The van der Waals surface area contributed by atoms with E-state index in [1.54, 1.807) is 14.2 Å². The molecule has 0 fully saturated rings. The molecular weight excluding hydrogens is 312 g/mol. The van der Waals surface area contributed by atoms with Crippen molar-refractivity contribution in [1.29, 1.82) is 0 Å². The molecule has 0 unspecified atom stereocenters. The van der Waals surface area contributed by atoms with Crippen molar-refractivity contribution in [3.8, 4) is 33.8 Å². The lowest BCUT2D eigenvalue weighted by molar-refractivity contribution is 0.296. The Balaban J connectivity index is 2.35. The van der Waals surface area contributed by atoms with Crippen molar-refractivity contribution in [3.05, 3.63) is 72.3 Å². The molecule has 0 amide bonds. The van der Waals surface area contributed by atoms with Gasteiger partial charge in [-0.1, -0.05) is 60.7 Å². The minimum absolute atomic E-state index is 0.0607. The van der Waals surface area contributed by atoms with Crippen LogP contribution >= 0.6 is 0 Å². The molecule has 0 spiro atoms. The second-order valence-electron chi connectivity index (χ2n) is 5.73. The quantitative estimate of drug-likeness (QED) is 0.717. The molecule has 0 aliphatic carbocycles. The molecule has 3 aromatic carbocycles. The zero-order chi connectivity index (χ0) is 17.6. The summed E-state index contributed by atoms with van der Waals surface area (Å²) in [5.41, 5.74) is 4.96. The summed E-state index contributed by atoms with van der Waals surface area (Å²) < 4.78 is 11.5. The molecule has 0 radical (unpaired) electrons. The summed E-state index contributed by atoms with van der Waals surface area (Å²) in [5, 5.41) is 9.50. The molecule has 128 valence electrons. The molecule has 3 aromatic rings. The Morgan fingerprint density at radius 2 is 1.32 bits per heavy atom. The highest BCUT2D eigenvalue weighted by atomic mass is 16.5. The summed E-state index contributed by atoms with van der Waals surface area (Å²) in [6, 6.07) is 22.2. The molecule has 25 heavy (non-hydrogen) atoms. The van der Waals surface area contributed by atoms with Gasteiger partial charge >= 0.3 is 0 Å². The van der Waals surface area contributed by atoms with Gasteiger partial charge in [-0.25, -0.2) is 0 Å². The van der Waals surface area contributed by atoms with Crippen molar-refractivity contribution in [2.75, 3.05) is 20.8 Å². The summed E-state index contributed by atoms with van der Waals surface area (Å²) in [6.45, 7) is 0.0607. The fourth-order valence-corrected chi connectivity index (χ4v) is 3.15. The Labute approximate surface area is 148 Å². The highest BCUT2D eigenvalue weighted by Crippen LogP contribution is 2.47. The second-order valence-corrected chi connectivity index (χ2v) is 5.73. The lowest BCUT2D eigenvalue weighted by atomic mass is 9.92. The molecule has 0 saturated heterocycles. The van der Waals surface area contributed by atoms with Gasteiger partial charge in [0.15, 0.2) is 0 Å². The Bertz CT molecular complexity index is 827. The topological polar surface area (TPSA) is 38.7 Å². The van der Waals surface area contributed by atoms with E-state index in [4.69, 9.17) is 9.47 Å². The third kappa shape index (κ3) is 3.37. The van der Waals surface area contributed by atoms with Gasteiger partial charge < -0.3 is 14.6 Å². The van der Waals surface area contributed by atoms with Crippen molar-refractivity contribution in [2.24, 2.45) is 0 Å². The van der Waals surface area contributed by atoms with Gasteiger partial charge in [0.2, 0.25) is 0 Å². The summed E-state index contributed by atoms with van der Waals surface area (Å²) in [4.78, 5) is 0. The van der Waals surface area contributed by atoms with E-state index in [0.29, 0.717) is 6.42 Å². The van der Waals surface area contributed by atoms with Crippen LogP contribution in [0.1, 0.15) is 5.56 Å². The number of aliphatic hydroxyl groups excluding tert-OH is 1. The fraction of sp³-hybridized carbons (Fsp3) is 0.182. The number of benzene rings is 3. The van der Waals surface area contributed by atoms with Gasteiger partial charge in [0, 0.05) is 12.2 Å². The van der Waals surface area contributed by atoms with Crippen LogP contribution in [0.4, 0.5) is 0 Å². The van der Waals surface area contributed by atoms with E-state index in [9.17, 15) is 5.11 Å². The maximum Gasteiger partial charge on any atom is 0.138 e. The van der Waals surface area contributed by atoms with Crippen LogP contribution in [0.25, 0.3) is 22.3 Å². The first-order chi connectivity index (χ1) is 12.3. The van der Waals surface area contributed by atoms with Crippen LogP contribution in [0, 0.1) is 0 Å². The van der Waals surface area contributed by atoms with E-state index in [2.05, 4.69) is 18.2 Å². The third-order valence-electron chi connectivity index (χ3n) is 4.25. The first-order valence-electron chi connectivity index (χ1n) is 8.29. The molecule has 3 rings (SSSR count). The van der Waals surface area contributed by atoms with Crippen LogP contribution in [0.15, 0.2) is 66.7 Å². The monoisotopic (exact) mass is 334 g/mol. The van der Waals surface area contributed by atoms with Crippen LogP contribution in [-0.4, -0.2) is 25.9 Å². The van der Waals surface area contributed by atoms with Gasteiger partial charge in [0.05, 0.1) is 19.8 Å². The first-order valence-corrected chi connectivity index (χ1v) is 8.29. The second kappa shape index (κ2) is 7.86. The average molecular weight is 334 g/mol. The molecule has 0 aliphatic heterocycles. The predicted octanol–water partition coefficient (Wildman–Crippen LogP) is 4.57. The zero-order valence-electron chi connectivity index (χ0n) is 14.5. The number of hydrogen-bond donors (Lipinski definition) is 1. The van der Waals surface area contributed by atoms with E-state index < -0.39 is 0 Å². The van der Waals surface area contributed by atoms with Crippen molar-refractivity contribution in [1.82, 2.24) is 0 Å². The molecule has 0 atom stereocenters. The number of methoxy groups -OCH3 is 2. The Kier molecular flexibility index (Phi) is 5.36. The van der Waals surface area contributed by atoms with Crippen LogP contribution in [0.5, 0.6) is 11.5 Å². The highest BCUT2D eigenvalue weighted by molar-refractivity contribution is 5.88. The van der Waals surface area contributed by atoms with Crippen molar-refractivity contribution in [3.63, 3.8) is 0 Å². The summed E-state index contributed by atoms with van der Waals surface area (Å²) in [5.74, 6) is 1.52. The SMILES string of the molecule is COc1c(CCO)cc(-c2ccccc2)c(OC)c1-c1ccccc1. The number of aliphatic hydroxyl groups is 1. The maximum absolute atomic E-state index is 9.50. The van der Waals surface area contributed by atoms with Gasteiger partial charge in [0.25, 0.3) is 0 Å². The summed E-state index contributed by atoms with van der Waals surface area (Å²) in [7, 11) is 3.34. The van der Waals surface area contributed by atoms with E-state index in [1.165, 1.54) is 0 Å². The lowest BCUT2D eigenvalue weighted by Gasteiger charge is -2.21. The van der Waals surface area contributed by atoms with Crippen LogP contribution in [0.3, 0.4) is 0 Å². The first kappa shape index (κ1) is 17.1. The zero-order valence-corrected chi connectivity index (χ0v) is 14.5. The third-order valence-corrected chi connectivity index (χ3v) is 4.25. The predicted molar refractivity (Wildman–Crippen MR) is 101 cm³/mol. The standard InChI is InChI=1S/C22H22O3/c1-24-21-18(13-14-23)15-19(16-9-5-3-6-10-16)22(25-2)20(21)17-11-7-4-8-12-17/h3-12,15,23H,13-14H2,1-2H3. The Morgan fingerprint density at radius 3 is 1.84 bits per heavy atom. The van der Waals surface area contributed by atoms with Gasteiger partial charge in [0.1, 0.15) is 11.5 Å². The van der Waals surface area contributed by atoms with Crippen molar-refractivity contribution >= 4 is 0 Å². The number of ether oxygens (including phenoxy) is 2. The smallest absolute Gasteiger partial charge is 0.138 e. The van der Waals surface area contributed by atoms with Gasteiger partial charge in [-0.15, -0.1) is 0 Å². The minimum atomic E-state index is 0.0607. The average Bonchev–Trinajstić information content (AvgIpc) is 2.68. The van der Waals surface area contributed by atoms with E-state index in [0.717, 1.165) is 39.3 Å². The largest absolute Gasteiger partial charge is 0.496 e. The molecule has 0 bridgehead atoms. The summed E-state index contributed by atoms with van der Waals surface area (Å²) in [6.07, 6.45) is 0.521. The molecule has 0 heterocycles. The van der Waals surface area contributed by atoms with E-state index in [-0.39, 0.29) is 6.61 Å². The van der Waals surface area contributed by atoms with Crippen LogP contribution in [0.2, 0.25) is 0 Å². The molecule has 1 N–H and O–H groups in total. The highest BCUT2D eigenvalue weighted by Gasteiger charge is 2.21. The maximum atomic E-state index is 9.50. The van der Waals surface area contributed by atoms with Gasteiger partial charge in [-0.05, 0) is 29.2 Å². The molecule has 3 nitrogen and oxygen atoms in total. The molecular formula is C22H22O3. The fourth-order valence-electron chi connectivity index (χ4n) is 3.15. The van der Waals surface area contributed by atoms with Crippen molar-refractivity contribution in [2.45, 2.75) is 6.42 Å². The van der Waals surface area contributed by atoms with Gasteiger partial charge in [-0.2, -0.15) is 0 Å². The lowest BCUT2D eigenvalue weighted by Crippen LogP contribution is -2.02. The normalized spacial score (nSPS) is 10.5. The molecule has 0 aliphatic rings. The van der Waals surface area contributed by atoms with Crippen LogP contribution < -0.4 is 9.47 Å². The minimum Gasteiger partial charge on any atom is -0.496 e. The number of rotatable bonds is 6. The Hall–Kier alpha value is -2.78. The van der Waals surface area contributed by atoms with E-state index >= 15 is 0 Å². The van der Waals surface area contributed by atoms with Gasteiger partial charge in [-0.3, -0.25) is 0 Å². The molecule has 0 aromatic heterocycles. The molecule has 0 saturated carbocycles. The van der Waals surface area contributed by atoms with E-state index in [1.807, 2.05) is 48.5 Å².